The minimum absolute atomic E-state index is 0.0331. The zero-order chi connectivity index (χ0) is 14.6. The van der Waals surface area contributed by atoms with Crippen molar-refractivity contribution in [2.24, 2.45) is 11.7 Å². The van der Waals surface area contributed by atoms with Gasteiger partial charge in [0.05, 0.1) is 6.10 Å². The Balaban J connectivity index is 2.45. The lowest BCUT2D eigenvalue weighted by Gasteiger charge is -2.33. The Bertz CT molecular complexity index is 323. The molecule has 0 bridgehead atoms. The first-order valence-electron chi connectivity index (χ1n) is 6.85. The first-order chi connectivity index (χ1) is 8.82. The first-order valence-corrected chi connectivity index (χ1v) is 6.85. The Labute approximate surface area is 114 Å². The van der Waals surface area contributed by atoms with E-state index in [1.165, 1.54) is 6.92 Å². The maximum atomic E-state index is 11.9. The molecule has 1 fully saturated rings. The molecule has 0 aromatic carbocycles. The number of nitrogens with one attached hydrogen (secondary N) is 1. The van der Waals surface area contributed by atoms with Gasteiger partial charge in [-0.2, -0.15) is 0 Å². The van der Waals surface area contributed by atoms with Crippen molar-refractivity contribution in [2.45, 2.75) is 51.8 Å². The molecule has 4 N–H and O–H groups in total. The van der Waals surface area contributed by atoms with Crippen LogP contribution in [0.5, 0.6) is 0 Å². The van der Waals surface area contributed by atoms with E-state index in [1.807, 2.05) is 13.8 Å². The number of hydrogen-bond donors (Lipinski definition) is 3. The molecule has 19 heavy (non-hydrogen) atoms. The average molecular weight is 271 g/mol. The van der Waals surface area contributed by atoms with E-state index in [4.69, 9.17) is 5.73 Å². The van der Waals surface area contributed by atoms with E-state index in [1.54, 1.807) is 4.90 Å². The molecule has 6 nitrogen and oxygen atoms in total. The second-order valence-electron chi connectivity index (χ2n) is 5.53. The highest BCUT2D eigenvalue weighted by Gasteiger charge is 2.30. The quantitative estimate of drug-likeness (QED) is 0.640. The summed E-state index contributed by atoms with van der Waals surface area (Å²) in [7, 11) is 0. The molecule has 1 aliphatic rings. The molecule has 2 amide bonds. The van der Waals surface area contributed by atoms with Crippen LogP contribution in [0.25, 0.3) is 0 Å². The number of aliphatic hydroxyl groups is 1. The van der Waals surface area contributed by atoms with Gasteiger partial charge in [-0.15, -0.1) is 0 Å². The predicted octanol–water partition coefficient (Wildman–Crippen LogP) is -0.542. The van der Waals surface area contributed by atoms with Gasteiger partial charge in [0.15, 0.2) is 0 Å². The minimum atomic E-state index is -0.874. The van der Waals surface area contributed by atoms with Crippen molar-refractivity contribution in [2.75, 3.05) is 13.1 Å². The molecular formula is C13H25N3O3. The lowest BCUT2D eigenvalue weighted by Crippen LogP contribution is -2.52. The number of rotatable bonds is 4. The number of likely N-dealkylation sites (tertiary alicyclic amines) is 1. The van der Waals surface area contributed by atoms with Crippen LogP contribution in [0.15, 0.2) is 0 Å². The zero-order valence-electron chi connectivity index (χ0n) is 11.9. The molecule has 0 aromatic heterocycles. The summed E-state index contributed by atoms with van der Waals surface area (Å²) >= 11 is 0. The van der Waals surface area contributed by atoms with Gasteiger partial charge in [0, 0.05) is 25.0 Å². The molecular weight excluding hydrogens is 246 g/mol. The molecule has 1 aliphatic heterocycles. The van der Waals surface area contributed by atoms with E-state index < -0.39 is 12.1 Å². The molecule has 0 saturated carbocycles. The van der Waals surface area contributed by atoms with Crippen LogP contribution < -0.4 is 11.1 Å². The van der Waals surface area contributed by atoms with Crippen LogP contribution in [-0.2, 0) is 9.59 Å². The van der Waals surface area contributed by atoms with Crippen molar-refractivity contribution in [3.63, 3.8) is 0 Å². The molecule has 0 radical (unpaired) electrons. The van der Waals surface area contributed by atoms with Gasteiger partial charge >= 0.3 is 0 Å². The third-order valence-electron chi connectivity index (χ3n) is 3.41. The Morgan fingerprint density at radius 1 is 1.26 bits per heavy atom. The van der Waals surface area contributed by atoms with Gasteiger partial charge in [0.25, 0.3) is 0 Å². The molecule has 1 saturated heterocycles. The molecule has 0 spiro atoms. The van der Waals surface area contributed by atoms with Crippen LogP contribution in [-0.4, -0.2) is 53.1 Å². The zero-order valence-corrected chi connectivity index (χ0v) is 11.9. The van der Waals surface area contributed by atoms with Crippen molar-refractivity contribution >= 4 is 11.8 Å². The van der Waals surface area contributed by atoms with Crippen molar-refractivity contribution in [1.29, 1.82) is 0 Å². The Morgan fingerprint density at radius 3 is 2.21 bits per heavy atom. The summed E-state index contributed by atoms with van der Waals surface area (Å²) in [5.41, 5.74) is 5.63. The van der Waals surface area contributed by atoms with Gasteiger partial charge in [-0.05, 0) is 33.6 Å². The van der Waals surface area contributed by atoms with E-state index in [-0.39, 0.29) is 23.8 Å². The summed E-state index contributed by atoms with van der Waals surface area (Å²) in [5, 5.41) is 12.2. The average Bonchev–Trinajstić information content (AvgIpc) is 2.36. The third-order valence-corrected chi connectivity index (χ3v) is 3.41. The SMILES string of the molecule is CC(C)NC(=O)C1CCN(C(=O)C(N)C(C)O)CC1. The number of carbonyl (C=O) groups excluding carboxylic acids is 2. The maximum Gasteiger partial charge on any atom is 0.242 e. The predicted molar refractivity (Wildman–Crippen MR) is 72.2 cm³/mol. The van der Waals surface area contributed by atoms with Crippen molar-refractivity contribution in [3.8, 4) is 0 Å². The van der Waals surface area contributed by atoms with Crippen molar-refractivity contribution in [1.82, 2.24) is 10.2 Å². The van der Waals surface area contributed by atoms with Gasteiger partial charge in [-0.1, -0.05) is 0 Å². The molecule has 0 aromatic rings. The fourth-order valence-electron chi connectivity index (χ4n) is 2.18. The summed E-state index contributed by atoms with van der Waals surface area (Å²) in [6.07, 6.45) is 0.447. The van der Waals surface area contributed by atoms with Crippen LogP contribution in [0, 0.1) is 5.92 Å². The van der Waals surface area contributed by atoms with E-state index in [0.717, 1.165) is 0 Å². The number of piperidine rings is 1. The minimum Gasteiger partial charge on any atom is -0.391 e. The summed E-state index contributed by atoms with van der Waals surface area (Å²) in [6, 6.07) is -0.739. The summed E-state index contributed by atoms with van der Waals surface area (Å²) in [6.45, 7) is 6.41. The third kappa shape index (κ3) is 4.47. The number of nitrogens with two attached hydrogens (primary N) is 1. The molecule has 2 unspecified atom stereocenters. The summed E-state index contributed by atoms with van der Waals surface area (Å²) in [5.74, 6) is -0.214. The lowest BCUT2D eigenvalue weighted by molar-refractivity contribution is -0.138. The molecule has 1 heterocycles. The van der Waals surface area contributed by atoms with E-state index in [0.29, 0.717) is 25.9 Å². The van der Waals surface area contributed by atoms with Gasteiger partial charge in [0.1, 0.15) is 6.04 Å². The van der Waals surface area contributed by atoms with E-state index in [9.17, 15) is 14.7 Å². The fourth-order valence-corrected chi connectivity index (χ4v) is 2.18. The number of hydrogen-bond acceptors (Lipinski definition) is 4. The molecule has 6 heteroatoms. The first kappa shape index (κ1) is 15.9. The summed E-state index contributed by atoms with van der Waals surface area (Å²) in [4.78, 5) is 25.4. The van der Waals surface area contributed by atoms with Crippen LogP contribution in [0.2, 0.25) is 0 Å². The second-order valence-corrected chi connectivity index (χ2v) is 5.53. The van der Waals surface area contributed by atoms with Gasteiger partial charge < -0.3 is 21.1 Å². The Morgan fingerprint density at radius 2 is 1.79 bits per heavy atom. The topological polar surface area (TPSA) is 95.7 Å². The monoisotopic (exact) mass is 271 g/mol. The molecule has 2 atom stereocenters. The Kier molecular flexibility index (Phi) is 5.75. The lowest BCUT2D eigenvalue weighted by atomic mass is 9.95. The van der Waals surface area contributed by atoms with Gasteiger partial charge in [-0.25, -0.2) is 0 Å². The van der Waals surface area contributed by atoms with E-state index in [2.05, 4.69) is 5.32 Å². The normalized spacial score (nSPS) is 20.2. The highest BCUT2D eigenvalue weighted by molar-refractivity contribution is 5.83. The molecule has 0 aliphatic carbocycles. The van der Waals surface area contributed by atoms with Crippen LogP contribution in [0.4, 0.5) is 0 Å². The highest BCUT2D eigenvalue weighted by atomic mass is 16.3. The highest BCUT2D eigenvalue weighted by Crippen LogP contribution is 2.18. The molecule has 110 valence electrons. The standard InChI is InChI=1S/C13H25N3O3/c1-8(2)15-12(18)10-4-6-16(7-5-10)13(19)11(14)9(3)17/h8-11,17H,4-7,14H2,1-3H3,(H,15,18). The maximum absolute atomic E-state index is 11.9. The number of amides is 2. The largest absolute Gasteiger partial charge is 0.391 e. The number of nitrogens with zero attached hydrogens (tertiary/aromatic N) is 1. The molecule has 1 rings (SSSR count). The summed E-state index contributed by atoms with van der Waals surface area (Å²) < 4.78 is 0. The van der Waals surface area contributed by atoms with Crippen molar-refractivity contribution < 1.29 is 14.7 Å². The van der Waals surface area contributed by atoms with Gasteiger partial charge in [-0.3, -0.25) is 9.59 Å². The fraction of sp³-hybridized carbons (Fsp3) is 0.846. The Hall–Kier alpha value is -1.14. The van der Waals surface area contributed by atoms with Gasteiger partial charge in [0.2, 0.25) is 11.8 Å². The number of aliphatic hydroxyl groups excluding tert-OH is 1. The van der Waals surface area contributed by atoms with Crippen molar-refractivity contribution in [3.05, 3.63) is 0 Å². The van der Waals surface area contributed by atoms with Crippen LogP contribution in [0.3, 0.4) is 0 Å². The smallest absolute Gasteiger partial charge is 0.242 e. The van der Waals surface area contributed by atoms with Crippen LogP contribution >= 0.6 is 0 Å². The number of carbonyl (C=O) groups is 2. The second kappa shape index (κ2) is 6.86. The van der Waals surface area contributed by atoms with E-state index >= 15 is 0 Å². The van der Waals surface area contributed by atoms with Crippen LogP contribution in [0.1, 0.15) is 33.6 Å².